The maximum absolute atomic E-state index is 11.6. The largest absolute Gasteiger partial charge is 0.476 e. The number of pyridine rings is 1. The summed E-state index contributed by atoms with van der Waals surface area (Å²) < 4.78 is 1.63. The van der Waals surface area contributed by atoms with Crippen molar-refractivity contribution in [2.45, 2.75) is 18.9 Å². The minimum atomic E-state index is -0.945. The van der Waals surface area contributed by atoms with E-state index in [0.717, 1.165) is 25.9 Å². The van der Waals surface area contributed by atoms with Crippen molar-refractivity contribution in [1.29, 1.82) is 0 Å². The zero-order valence-corrected chi connectivity index (χ0v) is 11.4. The molecule has 0 aliphatic carbocycles. The lowest BCUT2D eigenvalue weighted by Crippen LogP contribution is -2.41. The Hall–Kier alpha value is -2.08. The first-order valence-corrected chi connectivity index (χ1v) is 6.82. The number of rotatable bonds is 3. The Morgan fingerprint density at radius 1 is 1.45 bits per heavy atom. The number of carboxylic acid groups (broad SMARTS) is 1. The maximum atomic E-state index is 11.6. The van der Waals surface area contributed by atoms with Crippen molar-refractivity contribution in [2.24, 2.45) is 0 Å². The molecule has 2 N–H and O–H groups in total. The van der Waals surface area contributed by atoms with Crippen molar-refractivity contribution in [3.05, 3.63) is 30.1 Å². The highest BCUT2D eigenvalue weighted by Crippen LogP contribution is 2.25. The summed E-state index contributed by atoms with van der Waals surface area (Å²) in [7, 11) is 1.93. The van der Waals surface area contributed by atoms with Crippen molar-refractivity contribution < 1.29 is 9.90 Å². The first kappa shape index (κ1) is 12.9. The number of fused-ring (bicyclic) bond motifs is 1. The van der Waals surface area contributed by atoms with Gasteiger partial charge in [0.1, 0.15) is 5.65 Å². The number of piperidine rings is 1. The van der Waals surface area contributed by atoms with Gasteiger partial charge in [-0.2, -0.15) is 0 Å². The van der Waals surface area contributed by atoms with Crippen LogP contribution in [0.4, 0.5) is 5.82 Å². The summed E-state index contributed by atoms with van der Waals surface area (Å²) in [6.07, 6.45) is 3.75. The fourth-order valence-corrected chi connectivity index (χ4v) is 2.79. The van der Waals surface area contributed by atoms with Gasteiger partial charge in [-0.1, -0.05) is 6.07 Å². The Morgan fingerprint density at radius 3 is 2.90 bits per heavy atom. The molecule has 0 saturated carbocycles. The highest BCUT2D eigenvalue weighted by Gasteiger charge is 2.26. The van der Waals surface area contributed by atoms with Crippen LogP contribution in [-0.4, -0.2) is 46.6 Å². The van der Waals surface area contributed by atoms with Crippen LogP contribution in [0, 0.1) is 0 Å². The summed E-state index contributed by atoms with van der Waals surface area (Å²) in [4.78, 5) is 18.1. The van der Waals surface area contributed by atoms with Gasteiger partial charge in [-0.15, -0.1) is 0 Å². The molecule has 106 valence electrons. The van der Waals surface area contributed by atoms with E-state index in [0.29, 0.717) is 17.5 Å². The zero-order chi connectivity index (χ0) is 14.1. The summed E-state index contributed by atoms with van der Waals surface area (Å²) in [5.74, 6) is -0.393. The van der Waals surface area contributed by atoms with Gasteiger partial charge in [0.25, 0.3) is 0 Å². The molecule has 2 aromatic heterocycles. The van der Waals surface area contributed by atoms with Crippen LogP contribution in [0.5, 0.6) is 0 Å². The minimum Gasteiger partial charge on any atom is -0.476 e. The van der Waals surface area contributed by atoms with E-state index >= 15 is 0 Å². The Bertz CT molecular complexity index is 631. The summed E-state index contributed by atoms with van der Waals surface area (Å²) in [5.41, 5.74) is 0.905. The lowest BCUT2D eigenvalue weighted by molar-refractivity contribution is 0.0690. The van der Waals surface area contributed by atoms with Crippen molar-refractivity contribution in [2.75, 3.05) is 25.0 Å². The van der Waals surface area contributed by atoms with Crippen LogP contribution in [0.25, 0.3) is 5.65 Å². The molecule has 0 radical (unpaired) electrons. The molecule has 6 heteroatoms. The number of anilines is 1. The highest BCUT2D eigenvalue weighted by atomic mass is 16.4. The quantitative estimate of drug-likeness (QED) is 0.880. The SMILES string of the molecule is CN(c1nc2ccccn2c1C(=O)O)C1CCNCC1. The van der Waals surface area contributed by atoms with E-state index < -0.39 is 5.97 Å². The third-order valence-corrected chi connectivity index (χ3v) is 3.90. The molecule has 0 atom stereocenters. The van der Waals surface area contributed by atoms with E-state index in [4.69, 9.17) is 0 Å². The van der Waals surface area contributed by atoms with Gasteiger partial charge in [0.2, 0.25) is 0 Å². The number of carbonyl (C=O) groups is 1. The number of aromatic nitrogens is 2. The van der Waals surface area contributed by atoms with Crippen molar-refractivity contribution in [1.82, 2.24) is 14.7 Å². The van der Waals surface area contributed by atoms with Gasteiger partial charge in [-0.3, -0.25) is 4.40 Å². The monoisotopic (exact) mass is 274 g/mol. The molecule has 20 heavy (non-hydrogen) atoms. The van der Waals surface area contributed by atoms with Crippen molar-refractivity contribution in [3.63, 3.8) is 0 Å². The molecule has 2 aromatic rings. The molecule has 1 fully saturated rings. The number of hydrogen-bond acceptors (Lipinski definition) is 4. The van der Waals surface area contributed by atoms with Crippen LogP contribution in [0.15, 0.2) is 24.4 Å². The number of nitrogens with one attached hydrogen (secondary N) is 1. The van der Waals surface area contributed by atoms with E-state index in [1.807, 2.05) is 30.1 Å². The van der Waals surface area contributed by atoms with Gasteiger partial charge in [-0.05, 0) is 38.1 Å². The molecule has 0 unspecified atom stereocenters. The number of aromatic carboxylic acids is 1. The molecule has 3 heterocycles. The fraction of sp³-hybridized carbons (Fsp3) is 0.429. The van der Waals surface area contributed by atoms with E-state index in [2.05, 4.69) is 10.3 Å². The number of hydrogen-bond donors (Lipinski definition) is 2. The lowest BCUT2D eigenvalue weighted by Gasteiger charge is -2.32. The zero-order valence-electron chi connectivity index (χ0n) is 11.4. The molecule has 0 bridgehead atoms. The molecule has 1 saturated heterocycles. The van der Waals surface area contributed by atoms with Crippen LogP contribution in [0.3, 0.4) is 0 Å². The Kier molecular flexibility index (Phi) is 3.31. The van der Waals surface area contributed by atoms with Crippen LogP contribution in [-0.2, 0) is 0 Å². The standard InChI is InChI=1S/C14H18N4O2/c1-17(10-5-7-15-8-6-10)13-12(14(19)20)18-9-3-2-4-11(18)16-13/h2-4,9-10,15H,5-8H2,1H3,(H,19,20). The summed E-state index contributed by atoms with van der Waals surface area (Å²) in [6.45, 7) is 1.93. The molecule has 0 amide bonds. The summed E-state index contributed by atoms with van der Waals surface area (Å²) in [6, 6.07) is 5.84. The number of nitrogens with zero attached hydrogens (tertiary/aromatic N) is 3. The summed E-state index contributed by atoms with van der Waals surface area (Å²) in [5, 5.41) is 12.8. The Balaban J connectivity index is 2.05. The normalized spacial score (nSPS) is 16.4. The van der Waals surface area contributed by atoms with Crippen molar-refractivity contribution in [3.8, 4) is 0 Å². The maximum Gasteiger partial charge on any atom is 0.356 e. The Labute approximate surface area is 117 Å². The smallest absolute Gasteiger partial charge is 0.356 e. The van der Waals surface area contributed by atoms with Gasteiger partial charge in [0, 0.05) is 19.3 Å². The predicted octanol–water partition coefficient (Wildman–Crippen LogP) is 1.22. The highest BCUT2D eigenvalue weighted by molar-refractivity contribution is 5.93. The second-order valence-corrected chi connectivity index (χ2v) is 5.11. The number of imidazole rings is 1. The lowest BCUT2D eigenvalue weighted by atomic mass is 10.1. The first-order chi connectivity index (χ1) is 9.68. The molecule has 1 aliphatic rings. The van der Waals surface area contributed by atoms with E-state index in [1.165, 1.54) is 0 Å². The number of carboxylic acids is 1. The topological polar surface area (TPSA) is 69.9 Å². The molecule has 0 spiro atoms. The van der Waals surface area contributed by atoms with Gasteiger partial charge in [0.05, 0.1) is 0 Å². The molecule has 1 aliphatic heterocycles. The first-order valence-electron chi connectivity index (χ1n) is 6.82. The Morgan fingerprint density at radius 2 is 2.20 bits per heavy atom. The molecular weight excluding hydrogens is 256 g/mol. The second-order valence-electron chi connectivity index (χ2n) is 5.11. The second kappa shape index (κ2) is 5.13. The third kappa shape index (κ3) is 2.12. The van der Waals surface area contributed by atoms with E-state index in [1.54, 1.807) is 10.6 Å². The van der Waals surface area contributed by atoms with E-state index in [-0.39, 0.29) is 5.69 Å². The van der Waals surface area contributed by atoms with Crippen molar-refractivity contribution >= 4 is 17.4 Å². The van der Waals surface area contributed by atoms with Gasteiger partial charge >= 0.3 is 5.97 Å². The van der Waals surface area contributed by atoms with Crippen LogP contribution in [0.1, 0.15) is 23.3 Å². The average molecular weight is 274 g/mol. The van der Waals surface area contributed by atoms with Gasteiger partial charge < -0.3 is 15.3 Å². The summed E-state index contributed by atoms with van der Waals surface area (Å²) >= 11 is 0. The molecule has 6 nitrogen and oxygen atoms in total. The van der Waals surface area contributed by atoms with Gasteiger partial charge in [-0.25, -0.2) is 9.78 Å². The third-order valence-electron chi connectivity index (χ3n) is 3.90. The predicted molar refractivity (Wildman–Crippen MR) is 76.4 cm³/mol. The fourth-order valence-electron chi connectivity index (χ4n) is 2.79. The van der Waals surface area contributed by atoms with Crippen LogP contribution >= 0.6 is 0 Å². The molecule has 0 aromatic carbocycles. The minimum absolute atomic E-state index is 0.238. The van der Waals surface area contributed by atoms with E-state index in [9.17, 15) is 9.90 Å². The van der Waals surface area contributed by atoms with Crippen LogP contribution in [0.2, 0.25) is 0 Å². The molecule has 3 rings (SSSR count). The average Bonchev–Trinajstić information content (AvgIpc) is 2.86. The van der Waals surface area contributed by atoms with Gasteiger partial charge in [0.15, 0.2) is 11.5 Å². The van der Waals surface area contributed by atoms with Crippen LogP contribution < -0.4 is 10.2 Å². The molecular formula is C14H18N4O2.